The molecule has 0 amide bonds. The molecular weight excluding hydrogens is 326 g/mol. The first kappa shape index (κ1) is 12.7. The number of aromatic amines is 1. The van der Waals surface area contributed by atoms with Crippen molar-refractivity contribution in [3.63, 3.8) is 0 Å². The molecule has 100 valence electrons. The Morgan fingerprint density at radius 1 is 1.20 bits per heavy atom. The molecule has 0 spiro atoms. The van der Waals surface area contributed by atoms with Gasteiger partial charge in [-0.3, -0.25) is 4.79 Å². The van der Waals surface area contributed by atoms with E-state index in [-0.39, 0.29) is 5.56 Å². The average Bonchev–Trinajstić information content (AvgIpc) is 2.81. The van der Waals surface area contributed by atoms with Gasteiger partial charge in [0.05, 0.1) is 5.69 Å². The molecule has 0 saturated heterocycles. The van der Waals surface area contributed by atoms with Crippen LogP contribution in [0.2, 0.25) is 0 Å². The van der Waals surface area contributed by atoms with Crippen LogP contribution in [0.15, 0.2) is 50.1 Å². The van der Waals surface area contributed by atoms with Crippen molar-refractivity contribution in [3.05, 3.63) is 56.8 Å². The van der Waals surface area contributed by atoms with Gasteiger partial charge >= 0.3 is 5.97 Å². The van der Waals surface area contributed by atoms with Gasteiger partial charge < -0.3 is 14.5 Å². The summed E-state index contributed by atoms with van der Waals surface area (Å²) in [5, 5.41) is 9.71. The van der Waals surface area contributed by atoms with Crippen LogP contribution in [0.5, 0.6) is 0 Å². The monoisotopic (exact) mass is 333 g/mol. The van der Waals surface area contributed by atoms with Crippen LogP contribution in [-0.4, -0.2) is 16.1 Å². The Kier molecular flexibility index (Phi) is 2.94. The summed E-state index contributed by atoms with van der Waals surface area (Å²) in [4.78, 5) is 24.9. The maximum absolute atomic E-state index is 11.6. The fourth-order valence-electron chi connectivity index (χ4n) is 1.93. The molecule has 1 aromatic carbocycles. The SMILES string of the molecule is O=C(O)c1ccc(-c2cc3cc(Br)ccc3o2)[nH]c1=O. The second-order valence-corrected chi connectivity index (χ2v) is 5.13. The molecule has 0 aliphatic rings. The van der Waals surface area contributed by atoms with Crippen molar-refractivity contribution in [2.45, 2.75) is 0 Å². The Hall–Kier alpha value is -2.34. The van der Waals surface area contributed by atoms with Crippen LogP contribution in [0.25, 0.3) is 22.4 Å². The molecule has 5 nitrogen and oxygen atoms in total. The Bertz CT molecular complexity index is 878. The van der Waals surface area contributed by atoms with Gasteiger partial charge in [0.1, 0.15) is 11.1 Å². The molecule has 0 unspecified atom stereocenters. The van der Waals surface area contributed by atoms with Crippen molar-refractivity contribution in [2.75, 3.05) is 0 Å². The third-order valence-corrected chi connectivity index (χ3v) is 3.38. The number of carbonyl (C=O) groups is 1. The van der Waals surface area contributed by atoms with Gasteiger partial charge in [-0.05, 0) is 36.4 Å². The highest BCUT2D eigenvalue weighted by Crippen LogP contribution is 2.28. The van der Waals surface area contributed by atoms with E-state index in [0.29, 0.717) is 17.0 Å². The fraction of sp³-hybridized carbons (Fsp3) is 0. The maximum atomic E-state index is 11.6. The first-order valence-electron chi connectivity index (χ1n) is 5.71. The zero-order valence-electron chi connectivity index (χ0n) is 10.0. The van der Waals surface area contributed by atoms with Gasteiger partial charge in [-0.15, -0.1) is 0 Å². The smallest absolute Gasteiger partial charge is 0.341 e. The molecule has 3 rings (SSSR count). The van der Waals surface area contributed by atoms with Crippen molar-refractivity contribution in [3.8, 4) is 11.5 Å². The Morgan fingerprint density at radius 2 is 2.00 bits per heavy atom. The van der Waals surface area contributed by atoms with E-state index in [0.717, 1.165) is 9.86 Å². The van der Waals surface area contributed by atoms with Crippen molar-refractivity contribution in [2.24, 2.45) is 0 Å². The molecule has 6 heteroatoms. The number of aromatic nitrogens is 1. The van der Waals surface area contributed by atoms with E-state index in [4.69, 9.17) is 9.52 Å². The largest absolute Gasteiger partial charge is 0.477 e. The number of pyridine rings is 1. The van der Waals surface area contributed by atoms with Crippen LogP contribution in [-0.2, 0) is 0 Å². The zero-order chi connectivity index (χ0) is 14.3. The summed E-state index contributed by atoms with van der Waals surface area (Å²) < 4.78 is 6.55. The van der Waals surface area contributed by atoms with Gasteiger partial charge in [-0.1, -0.05) is 15.9 Å². The van der Waals surface area contributed by atoms with Crippen LogP contribution in [0.3, 0.4) is 0 Å². The van der Waals surface area contributed by atoms with Crippen molar-refractivity contribution < 1.29 is 14.3 Å². The molecule has 0 bridgehead atoms. The van der Waals surface area contributed by atoms with E-state index in [1.165, 1.54) is 12.1 Å². The minimum absolute atomic E-state index is 0.299. The lowest BCUT2D eigenvalue weighted by atomic mass is 10.2. The number of fused-ring (bicyclic) bond motifs is 1. The number of carboxylic acid groups (broad SMARTS) is 1. The number of benzene rings is 1. The van der Waals surface area contributed by atoms with Crippen LogP contribution in [0.4, 0.5) is 0 Å². The predicted octanol–water partition coefficient (Wildman–Crippen LogP) is 3.25. The van der Waals surface area contributed by atoms with Gasteiger partial charge in [0, 0.05) is 9.86 Å². The number of hydrogen-bond donors (Lipinski definition) is 2. The van der Waals surface area contributed by atoms with E-state index in [1.54, 1.807) is 6.07 Å². The number of furan rings is 1. The first-order chi connectivity index (χ1) is 9.54. The van der Waals surface area contributed by atoms with Gasteiger partial charge in [-0.2, -0.15) is 0 Å². The normalized spacial score (nSPS) is 10.8. The molecule has 0 aliphatic carbocycles. The van der Waals surface area contributed by atoms with E-state index < -0.39 is 11.5 Å². The second kappa shape index (κ2) is 4.64. The number of aromatic carboxylic acids is 1. The fourth-order valence-corrected chi connectivity index (χ4v) is 2.31. The topological polar surface area (TPSA) is 83.3 Å². The molecule has 0 saturated carbocycles. The highest BCUT2D eigenvalue weighted by molar-refractivity contribution is 9.10. The quantitative estimate of drug-likeness (QED) is 0.754. The number of halogens is 1. The summed E-state index contributed by atoms with van der Waals surface area (Å²) >= 11 is 3.37. The summed E-state index contributed by atoms with van der Waals surface area (Å²) in [5.74, 6) is -0.779. The van der Waals surface area contributed by atoms with Crippen LogP contribution in [0.1, 0.15) is 10.4 Å². The maximum Gasteiger partial charge on any atom is 0.341 e. The van der Waals surface area contributed by atoms with Crippen molar-refractivity contribution in [1.82, 2.24) is 4.98 Å². The van der Waals surface area contributed by atoms with Gasteiger partial charge in [0.15, 0.2) is 5.76 Å². The van der Waals surface area contributed by atoms with Crippen LogP contribution >= 0.6 is 15.9 Å². The zero-order valence-corrected chi connectivity index (χ0v) is 11.6. The van der Waals surface area contributed by atoms with E-state index in [1.807, 2.05) is 18.2 Å². The third kappa shape index (κ3) is 2.14. The number of hydrogen-bond acceptors (Lipinski definition) is 3. The summed E-state index contributed by atoms with van der Waals surface area (Å²) in [5.41, 5.74) is 0.169. The van der Waals surface area contributed by atoms with E-state index in [9.17, 15) is 9.59 Å². The van der Waals surface area contributed by atoms with Gasteiger partial charge in [0.2, 0.25) is 0 Å². The van der Waals surface area contributed by atoms with Crippen LogP contribution < -0.4 is 5.56 Å². The summed E-state index contributed by atoms with van der Waals surface area (Å²) in [7, 11) is 0. The minimum atomic E-state index is -1.26. The predicted molar refractivity (Wildman–Crippen MR) is 76.9 cm³/mol. The molecule has 2 heterocycles. The number of H-pyrrole nitrogens is 1. The number of rotatable bonds is 2. The highest BCUT2D eigenvalue weighted by atomic mass is 79.9. The summed E-state index contributed by atoms with van der Waals surface area (Å²) in [6.07, 6.45) is 0. The Labute approximate surface area is 121 Å². The van der Waals surface area contributed by atoms with Gasteiger partial charge in [0.25, 0.3) is 5.56 Å². The lowest BCUT2D eigenvalue weighted by Crippen LogP contribution is -2.17. The lowest BCUT2D eigenvalue weighted by Gasteiger charge is -1.97. The molecule has 0 radical (unpaired) electrons. The molecule has 3 aromatic rings. The molecule has 20 heavy (non-hydrogen) atoms. The molecule has 0 fully saturated rings. The Morgan fingerprint density at radius 3 is 2.70 bits per heavy atom. The molecular formula is C14H8BrNO4. The third-order valence-electron chi connectivity index (χ3n) is 2.88. The lowest BCUT2D eigenvalue weighted by molar-refractivity contribution is 0.0695. The number of nitrogens with one attached hydrogen (secondary N) is 1. The summed E-state index contributed by atoms with van der Waals surface area (Å²) in [6.45, 7) is 0. The van der Waals surface area contributed by atoms with Crippen LogP contribution in [0, 0.1) is 0 Å². The molecule has 2 aromatic heterocycles. The molecule has 2 N–H and O–H groups in total. The van der Waals surface area contributed by atoms with Crippen molar-refractivity contribution in [1.29, 1.82) is 0 Å². The van der Waals surface area contributed by atoms with Gasteiger partial charge in [-0.25, -0.2) is 4.79 Å². The first-order valence-corrected chi connectivity index (χ1v) is 6.50. The highest BCUT2D eigenvalue weighted by Gasteiger charge is 2.12. The average molecular weight is 334 g/mol. The standard InChI is InChI=1S/C14H8BrNO4/c15-8-1-4-11-7(5-8)6-12(20-11)10-3-2-9(14(18)19)13(17)16-10/h1-6H,(H,16,17)(H,18,19). The second-order valence-electron chi connectivity index (χ2n) is 4.21. The van der Waals surface area contributed by atoms with E-state index in [2.05, 4.69) is 20.9 Å². The van der Waals surface area contributed by atoms with Crippen molar-refractivity contribution >= 4 is 32.9 Å². The Balaban J connectivity index is 2.13. The molecule has 0 atom stereocenters. The molecule has 0 aliphatic heterocycles. The minimum Gasteiger partial charge on any atom is -0.477 e. The van der Waals surface area contributed by atoms with E-state index >= 15 is 0 Å². The summed E-state index contributed by atoms with van der Waals surface area (Å²) in [6, 6.07) is 10.1. The number of carboxylic acids is 1.